The predicted octanol–water partition coefficient (Wildman–Crippen LogP) is 3.98. The highest BCUT2D eigenvalue weighted by Gasteiger charge is 2.22. The zero-order valence-electron chi connectivity index (χ0n) is 17.2. The molecule has 0 radical (unpaired) electrons. The summed E-state index contributed by atoms with van der Waals surface area (Å²) in [6, 6.07) is 11.1. The number of carbonyl (C=O) groups is 1. The average molecular weight is 421 g/mol. The van der Waals surface area contributed by atoms with Gasteiger partial charge in [0.25, 0.3) is 0 Å². The summed E-state index contributed by atoms with van der Waals surface area (Å²) in [6.07, 6.45) is 3.03. The van der Waals surface area contributed by atoms with Crippen LogP contribution in [-0.4, -0.2) is 33.4 Å². The maximum Gasteiger partial charge on any atom is 0.241 e. The van der Waals surface area contributed by atoms with Gasteiger partial charge in [0.2, 0.25) is 15.9 Å². The number of nitrogens with zero attached hydrogens (tertiary/aromatic N) is 1. The van der Waals surface area contributed by atoms with Gasteiger partial charge in [0, 0.05) is 4.90 Å². The normalized spacial score (nSPS) is 12.5. The largest absolute Gasteiger partial charge is 0.348 e. The fourth-order valence-electron chi connectivity index (χ4n) is 3.11. The topological polar surface area (TPSA) is 66.5 Å². The lowest BCUT2D eigenvalue weighted by Crippen LogP contribution is -2.41. The number of rotatable bonds is 7. The molecule has 5 nitrogen and oxygen atoms in total. The lowest BCUT2D eigenvalue weighted by Gasteiger charge is -2.24. The standard InChI is InChI=1S/C21H28N2O3S2/c1-14-10-16(3)20(11-15(14)2)17(4)22-21(24)13-23(28(6,25)26)18-8-7-9-19(12-18)27-5/h7-12,17H,13H2,1-6H3,(H,22,24). The zero-order valence-corrected chi connectivity index (χ0v) is 18.9. The number of sulfonamides is 1. The van der Waals surface area contributed by atoms with Crippen LogP contribution in [0.2, 0.25) is 0 Å². The lowest BCUT2D eigenvalue weighted by molar-refractivity contribution is -0.120. The molecule has 0 saturated heterocycles. The Morgan fingerprint density at radius 1 is 1.11 bits per heavy atom. The van der Waals surface area contributed by atoms with Crippen LogP contribution in [0.25, 0.3) is 0 Å². The van der Waals surface area contributed by atoms with E-state index >= 15 is 0 Å². The first kappa shape index (κ1) is 22.3. The smallest absolute Gasteiger partial charge is 0.241 e. The SMILES string of the molecule is CSc1cccc(N(CC(=O)NC(C)c2cc(C)c(C)cc2C)S(C)(=O)=O)c1. The molecule has 0 aromatic heterocycles. The highest BCUT2D eigenvalue weighted by molar-refractivity contribution is 7.98. The summed E-state index contributed by atoms with van der Waals surface area (Å²) in [5.74, 6) is -0.342. The van der Waals surface area contributed by atoms with Gasteiger partial charge in [-0.25, -0.2) is 8.42 Å². The van der Waals surface area contributed by atoms with Crippen molar-refractivity contribution in [3.8, 4) is 0 Å². The van der Waals surface area contributed by atoms with Gasteiger partial charge >= 0.3 is 0 Å². The maximum atomic E-state index is 12.7. The minimum absolute atomic E-state index is 0.217. The molecule has 28 heavy (non-hydrogen) atoms. The number of hydrogen-bond acceptors (Lipinski definition) is 4. The van der Waals surface area contributed by atoms with E-state index in [0.29, 0.717) is 5.69 Å². The van der Waals surface area contributed by atoms with E-state index in [9.17, 15) is 13.2 Å². The Balaban J connectivity index is 2.21. The molecule has 0 aliphatic carbocycles. The number of thioether (sulfide) groups is 1. The minimum Gasteiger partial charge on any atom is -0.348 e. The molecule has 1 unspecified atom stereocenters. The van der Waals surface area contributed by atoms with E-state index in [-0.39, 0.29) is 18.5 Å². The van der Waals surface area contributed by atoms with Crippen molar-refractivity contribution in [2.75, 3.05) is 23.4 Å². The van der Waals surface area contributed by atoms with Crippen LogP contribution in [0, 0.1) is 20.8 Å². The van der Waals surface area contributed by atoms with Crippen LogP contribution in [-0.2, 0) is 14.8 Å². The van der Waals surface area contributed by atoms with E-state index in [1.54, 1.807) is 18.2 Å². The number of hydrogen-bond donors (Lipinski definition) is 1. The summed E-state index contributed by atoms with van der Waals surface area (Å²) in [4.78, 5) is 13.6. The van der Waals surface area contributed by atoms with E-state index < -0.39 is 10.0 Å². The monoisotopic (exact) mass is 420 g/mol. The van der Waals surface area contributed by atoms with Crippen LogP contribution in [0.3, 0.4) is 0 Å². The molecular weight excluding hydrogens is 392 g/mol. The van der Waals surface area contributed by atoms with Crippen molar-refractivity contribution in [3.63, 3.8) is 0 Å². The van der Waals surface area contributed by atoms with Gasteiger partial charge < -0.3 is 5.32 Å². The van der Waals surface area contributed by atoms with Crippen LogP contribution < -0.4 is 9.62 Å². The predicted molar refractivity (Wildman–Crippen MR) is 118 cm³/mol. The summed E-state index contributed by atoms with van der Waals surface area (Å²) in [5.41, 5.74) is 4.99. The average Bonchev–Trinajstić information content (AvgIpc) is 2.61. The zero-order chi connectivity index (χ0) is 21.1. The number of aryl methyl sites for hydroxylation is 3. The van der Waals surface area contributed by atoms with E-state index in [0.717, 1.165) is 32.1 Å². The highest BCUT2D eigenvalue weighted by atomic mass is 32.2. The quantitative estimate of drug-likeness (QED) is 0.688. The van der Waals surface area contributed by atoms with Gasteiger partial charge in [-0.2, -0.15) is 0 Å². The Kier molecular flexibility index (Phi) is 7.17. The molecule has 2 aromatic rings. The number of amides is 1. The van der Waals surface area contributed by atoms with Crippen LogP contribution in [0.1, 0.15) is 35.2 Å². The second kappa shape index (κ2) is 9.01. The molecule has 0 heterocycles. The van der Waals surface area contributed by atoms with Crippen molar-refractivity contribution < 1.29 is 13.2 Å². The van der Waals surface area contributed by atoms with E-state index in [2.05, 4.69) is 24.4 Å². The van der Waals surface area contributed by atoms with Crippen LogP contribution in [0.15, 0.2) is 41.3 Å². The number of anilines is 1. The lowest BCUT2D eigenvalue weighted by atomic mass is 9.96. The molecule has 0 saturated carbocycles. The van der Waals surface area contributed by atoms with E-state index in [4.69, 9.17) is 0 Å². The van der Waals surface area contributed by atoms with Crippen molar-refractivity contribution in [3.05, 3.63) is 58.7 Å². The molecule has 1 N–H and O–H groups in total. The van der Waals surface area contributed by atoms with E-state index in [1.165, 1.54) is 17.3 Å². The van der Waals surface area contributed by atoms with Crippen molar-refractivity contribution >= 4 is 33.4 Å². The van der Waals surface area contributed by atoms with Crippen molar-refractivity contribution in [2.24, 2.45) is 0 Å². The third kappa shape index (κ3) is 5.52. The first-order valence-corrected chi connectivity index (χ1v) is 12.1. The molecule has 0 bridgehead atoms. The molecule has 1 atom stereocenters. The Hall–Kier alpha value is -1.99. The molecule has 152 valence electrons. The fourth-order valence-corrected chi connectivity index (χ4v) is 4.41. The van der Waals surface area contributed by atoms with Gasteiger partial charge in [0.05, 0.1) is 18.0 Å². The third-order valence-corrected chi connectivity index (χ3v) is 6.62. The van der Waals surface area contributed by atoms with Crippen molar-refractivity contribution in [2.45, 2.75) is 38.6 Å². The number of nitrogens with one attached hydrogen (secondary N) is 1. The molecule has 2 aromatic carbocycles. The summed E-state index contributed by atoms with van der Waals surface area (Å²) in [7, 11) is -3.60. The minimum atomic E-state index is -3.60. The Morgan fingerprint density at radius 2 is 1.75 bits per heavy atom. The molecular formula is C21H28N2O3S2. The molecule has 0 aliphatic rings. The van der Waals surface area contributed by atoms with Crippen molar-refractivity contribution in [1.29, 1.82) is 0 Å². The molecule has 7 heteroatoms. The summed E-state index contributed by atoms with van der Waals surface area (Å²) in [6.45, 7) is 7.76. The molecule has 0 spiro atoms. The first-order valence-electron chi connectivity index (χ1n) is 9.01. The number of carbonyl (C=O) groups excluding carboxylic acids is 1. The Bertz CT molecular complexity index is 972. The van der Waals surface area contributed by atoms with Gasteiger partial charge in [-0.3, -0.25) is 9.10 Å². The summed E-state index contributed by atoms with van der Waals surface area (Å²) >= 11 is 1.52. The van der Waals surface area contributed by atoms with Gasteiger partial charge in [-0.15, -0.1) is 11.8 Å². The highest BCUT2D eigenvalue weighted by Crippen LogP contribution is 2.25. The van der Waals surface area contributed by atoms with Gasteiger partial charge in [0.15, 0.2) is 0 Å². The third-order valence-electron chi connectivity index (χ3n) is 4.76. The fraction of sp³-hybridized carbons (Fsp3) is 0.381. The van der Waals surface area contributed by atoms with Crippen LogP contribution >= 0.6 is 11.8 Å². The number of benzene rings is 2. The van der Waals surface area contributed by atoms with E-state index in [1.807, 2.05) is 33.1 Å². The molecule has 1 amide bonds. The Morgan fingerprint density at radius 3 is 2.36 bits per heavy atom. The molecule has 2 rings (SSSR count). The maximum absolute atomic E-state index is 12.7. The van der Waals surface area contributed by atoms with Crippen molar-refractivity contribution in [1.82, 2.24) is 5.32 Å². The van der Waals surface area contributed by atoms with Crippen LogP contribution in [0.5, 0.6) is 0 Å². The van der Waals surface area contributed by atoms with Gasteiger partial charge in [-0.1, -0.05) is 18.2 Å². The summed E-state index contributed by atoms with van der Waals surface area (Å²) in [5, 5.41) is 2.93. The second-order valence-corrected chi connectivity index (χ2v) is 9.84. The van der Waals surface area contributed by atoms with Gasteiger partial charge in [0.1, 0.15) is 6.54 Å². The van der Waals surface area contributed by atoms with Crippen LogP contribution in [0.4, 0.5) is 5.69 Å². The summed E-state index contributed by atoms with van der Waals surface area (Å²) < 4.78 is 25.7. The van der Waals surface area contributed by atoms with Gasteiger partial charge in [-0.05, 0) is 74.4 Å². The molecule has 0 aliphatic heterocycles. The Labute approximate surface area is 172 Å². The second-order valence-electron chi connectivity index (χ2n) is 7.05. The molecule has 0 fully saturated rings. The first-order chi connectivity index (χ1) is 13.0.